The third-order valence-corrected chi connectivity index (χ3v) is 5.88. The number of aliphatic hydroxyl groups is 1. The van der Waals surface area contributed by atoms with Crippen molar-refractivity contribution in [3.05, 3.63) is 59.7 Å². The molecule has 0 saturated heterocycles. The van der Waals surface area contributed by atoms with Gasteiger partial charge in [0.1, 0.15) is 29.6 Å². The predicted octanol–water partition coefficient (Wildman–Crippen LogP) is -0.212. The third kappa shape index (κ3) is 10.3. The number of nitrogens with one attached hydrogen (secondary N) is 3. The van der Waals surface area contributed by atoms with Gasteiger partial charge in [0.25, 0.3) is 0 Å². The van der Waals surface area contributed by atoms with E-state index in [2.05, 4.69) is 16.0 Å². The first-order valence-electron chi connectivity index (χ1n) is 12.5. The standard InChI is InChI=1S/C27H36N4O8/c1-15(2)11-22(27(38)39)30-25(36)21(13-17-5-9-19(34)10-6-17)29-26(37)23(14-32)31-24(35)20(28)12-16-3-7-18(33)8-4-16/h3-10,15,20-23,32-34H,11-14,28H2,1-2H3,(H,29,37)(H,30,36)(H,31,35)(H,38,39)/t20-,21-,22-,23-/m0/s1. The predicted molar refractivity (Wildman–Crippen MR) is 142 cm³/mol. The number of phenols is 2. The van der Waals surface area contributed by atoms with E-state index in [1.165, 1.54) is 36.4 Å². The fourth-order valence-corrected chi connectivity index (χ4v) is 3.77. The number of amides is 3. The average molecular weight is 545 g/mol. The fourth-order valence-electron chi connectivity index (χ4n) is 3.77. The van der Waals surface area contributed by atoms with Gasteiger partial charge in [-0.3, -0.25) is 14.4 Å². The number of phenolic OH excluding ortho intramolecular Hbond substituents is 2. The van der Waals surface area contributed by atoms with E-state index >= 15 is 0 Å². The van der Waals surface area contributed by atoms with Crippen molar-refractivity contribution < 1.29 is 39.6 Å². The number of aromatic hydroxyl groups is 2. The number of carboxylic acids is 1. The van der Waals surface area contributed by atoms with Crippen LogP contribution in [0, 0.1) is 5.92 Å². The summed E-state index contributed by atoms with van der Waals surface area (Å²) in [6.45, 7) is 2.82. The second-order valence-corrected chi connectivity index (χ2v) is 9.68. The lowest BCUT2D eigenvalue weighted by atomic mass is 10.0. The van der Waals surface area contributed by atoms with Crippen molar-refractivity contribution >= 4 is 23.7 Å². The summed E-state index contributed by atoms with van der Waals surface area (Å²) in [7, 11) is 0. The van der Waals surface area contributed by atoms with Crippen molar-refractivity contribution in [1.29, 1.82) is 0 Å². The Balaban J connectivity index is 2.14. The number of aliphatic carboxylic acids is 1. The van der Waals surface area contributed by atoms with E-state index in [9.17, 15) is 39.6 Å². The molecule has 39 heavy (non-hydrogen) atoms. The minimum atomic E-state index is -1.44. The maximum Gasteiger partial charge on any atom is 0.326 e. The summed E-state index contributed by atoms with van der Waals surface area (Å²) in [4.78, 5) is 50.4. The smallest absolute Gasteiger partial charge is 0.326 e. The van der Waals surface area contributed by atoms with E-state index in [0.29, 0.717) is 11.1 Å². The molecule has 0 aliphatic carbocycles. The second-order valence-electron chi connectivity index (χ2n) is 9.68. The highest BCUT2D eigenvalue weighted by atomic mass is 16.4. The van der Waals surface area contributed by atoms with Crippen LogP contribution in [-0.4, -0.2) is 74.9 Å². The quantitative estimate of drug-likeness (QED) is 0.158. The van der Waals surface area contributed by atoms with Gasteiger partial charge in [0, 0.05) is 6.42 Å². The van der Waals surface area contributed by atoms with Crippen molar-refractivity contribution in [2.45, 2.75) is 57.3 Å². The Morgan fingerprint density at radius 3 is 1.62 bits per heavy atom. The molecule has 0 saturated carbocycles. The summed E-state index contributed by atoms with van der Waals surface area (Å²) in [5.41, 5.74) is 7.18. The number of nitrogens with two attached hydrogens (primary N) is 1. The number of carboxylic acid groups (broad SMARTS) is 1. The van der Waals surface area contributed by atoms with Crippen molar-refractivity contribution in [3.63, 3.8) is 0 Å². The summed E-state index contributed by atoms with van der Waals surface area (Å²) in [5.74, 6) is -3.57. The van der Waals surface area contributed by atoms with Gasteiger partial charge >= 0.3 is 5.97 Å². The van der Waals surface area contributed by atoms with Gasteiger partial charge in [-0.05, 0) is 54.2 Å². The summed E-state index contributed by atoms with van der Waals surface area (Å²) in [5, 5.41) is 45.5. The second kappa shape index (κ2) is 14.7. The molecule has 0 heterocycles. The molecule has 12 heteroatoms. The molecule has 0 bridgehead atoms. The highest BCUT2D eigenvalue weighted by Gasteiger charge is 2.30. The Hall–Kier alpha value is -4.16. The van der Waals surface area contributed by atoms with Crippen LogP contribution >= 0.6 is 0 Å². The van der Waals surface area contributed by atoms with E-state index in [1.807, 2.05) is 0 Å². The van der Waals surface area contributed by atoms with E-state index in [1.54, 1.807) is 26.0 Å². The zero-order valence-corrected chi connectivity index (χ0v) is 21.8. The van der Waals surface area contributed by atoms with Crippen LogP contribution in [0.15, 0.2) is 48.5 Å². The first-order chi connectivity index (χ1) is 18.4. The van der Waals surface area contributed by atoms with Crippen LogP contribution in [-0.2, 0) is 32.0 Å². The van der Waals surface area contributed by atoms with E-state index in [-0.39, 0.29) is 36.7 Å². The maximum absolute atomic E-state index is 13.1. The minimum Gasteiger partial charge on any atom is -0.508 e. The Bertz CT molecular complexity index is 1120. The van der Waals surface area contributed by atoms with Crippen LogP contribution in [0.3, 0.4) is 0 Å². The van der Waals surface area contributed by atoms with Crippen LogP contribution in [0.2, 0.25) is 0 Å². The number of hydrogen-bond acceptors (Lipinski definition) is 8. The number of carbonyl (C=O) groups excluding carboxylic acids is 3. The SMILES string of the molecule is CC(C)C[C@H](NC(=O)[C@H](Cc1ccc(O)cc1)NC(=O)[C@H](CO)NC(=O)[C@@H](N)Cc1ccc(O)cc1)C(=O)O. The highest BCUT2D eigenvalue weighted by molar-refractivity contribution is 5.94. The molecule has 2 rings (SSSR count). The molecule has 2 aromatic rings. The van der Waals surface area contributed by atoms with E-state index < -0.39 is 54.5 Å². The highest BCUT2D eigenvalue weighted by Crippen LogP contribution is 2.13. The normalized spacial score (nSPS) is 14.1. The molecule has 3 amide bonds. The summed E-state index contributed by atoms with van der Waals surface area (Å²) < 4.78 is 0. The molecular formula is C27H36N4O8. The number of aliphatic hydroxyl groups excluding tert-OH is 1. The molecule has 4 atom stereocenters. The molecule has 0 fully saturated rings. The molecule has 12 nitrogen and oxygen atoms in total. The van der Waals surface area contributed by atoms with Crippen molar-refractivity contribution in [3.8, 4) is 11.5 Å². The largest absolute Gasteiger partial charge is 0.508 e. The summed E-state index contributed by atoms with van der Waals surface area (Å²) in [6.07, 6.45) is 0.206. The minimum absolute atomic E-state index is 0.00152. The van der Waals surface area contributed by atoms with Gasteiger partial charge in [-0.15, -0.1) is 0 Å². The Kier molecular flexibility index (Phi) is 11.7. The molecule has 212 valence electrons. The monoisotopic (exact) mass is 544 g/mol. The number of carbonyl (C=O) groups is 4. The molecule has 0 aliphatic heterocycles. The number of hydrogen-bond donors (Lipinski definition) is 8. The first kappa shape index (κ1) is 31.1. The van der Waals surface area contributed by atoms with Gasteiger partial charge in [0.2, 0.25) is 17.7 Å². The molecule has 0 aromatic heterocycles. The van der Waals surface area contributed by atoms with Gasteiger partial charge in [0.15, 0.2) is 0 Å². The topological polar surface area (TPSA) is 211 Å². The fraction of sp³-hybridized carbons (Fsp3) is 0.407. The Morgan fingerprint density at radius 1 is 0.718 bits per heavy atom. The molecule has 0 unspecified atom stereocenters. The van der Waals surface area contributed by atoms with Crippen LogP contribution in [0.4, 0.5) is 0 Å². The molecule has 2 aromatic carbocycles. The maximum atomic E-state index is 13.1. The van der Waals surface area contributed by atoms with E-state index in [0.717, 1.165) is 0 Å². The van der Waals surface area contributed by atoms with Crippen LogP contribution < -0.4 is 21.7 Å². The van der Waals surface area contributed by atoms with E-state index in [4.69, 9.17) is 5.73 Å². The third-order valence-electron chi connectivity index (χ3n) is 5.88. The van der Waals surface area contributed by atoms with Crippen molar-refractivity contribution in [1.82, 2.24) is 16.0 Å². The van der Waals surface area contributed by atoms with Crippen LogP contribution in [0.25, 0.3) is 0 Å². The molecule has 0 spiro atoms. The Morgan fingerprint density at radius 2 is 1.15 bits per heavy atom. The molecular weight excluding hydrogens is 508 g/mol. The van der Waals surface area contributed by atoms with Gasteiger partial charge in [-0.25, -0.2) is 4.79 Å². The zero-order valence-electron chi connectivity index (χ0n) is 21.8. The average Bonchev–Trinajstić information content (AvgIpc) is 2.88. The molecule has 0 aliphatic rings. The lowest BCUT2D eigenvalue weighted by molar-refractivity contribution is -0.142. The zero-order chi connectivity index (χ0) is 29.1. The van der Waals surface area contributed by atoms with Gasteiger partial charge in [-0.1, -0.05) is 38.1 Å². The summed E-state index contributed by atoms with van der Waals surface area (Å²) in [6, 6.07) is 6.99. The first-order valence-corrected chi connectivity index (χ1v) is 12.5. The van der Waals surface area contributed by atoms with Gasteiger partial charge in [-0.2, -0.15) is 0 Å². The number of benzene rings is 2. The molecule has 9 N–H and O–H groups in total. The molecule has 0 radical (unpaired) electrons. The van der Waals surface area contributed by atoms with Gasteiger partial charge in [0.05, 0.1) is 12.6 Å². The van der Waals surface area contributed by atoms with Crippen molar-refractivity contribution in [2.24, 2.45) is 11.7 Å². The lowest BCUT2D eigenvalue weighted by Gasteiger charge is -2.25. The van der Waals surface area contributed by atoms with Gasteiger partial charge < -0.3 is 42.1 Å². The Labute approximate surface area is 226 Å². The number of rotatable bonds is 14. The van der Waals surface area contributed by atoms with Crippen molar-refractivity contribution in [2.75, 3.05) is 6.61 Å². The van der Waals surface area contributed by atoms with Crippen LogP contribution in [0.1, 0.15) is 31.4 Å². The lowest BCUT2D eigenvalue weighted by Crippen LogP contribution is -2.58. The van der Waals surface area contributed by atoms with Crippen LogP contribution in [0.5, 0.6) is 11.5 Å². The summed E-state index contributed by atoms with van der Waals surface area (Å²) >= 11 is 0.